The molecule has 0 saturated heterocycles. The molecule has 0 aromatic rings. The van der Waals surface area contributed by atoms with Crippen LogP contribution in [0.1, 0.15) is 190 Å². The zero-order valence-corrected chi connectivity index (χ0v) is 36.5. The summed E-state index contributed by atoms with van der Waals surface area (Å²) in [6.07, 6.45) is 27.6. The Kier molecular flexibility index (Phi) is 13.8. The summed E-state index contributed by atoms with van der Waals surface area (Å²) in [4.78, 5) is 13.6. The summed E-state index contributed by atoms with van der Waals surface area (Å²) in [6.45, 7) is 30.1. The number of aliphatic hydroxyl groups is 1. The van der Waals surface area contributed by atoms with Crippen LogP contribution in [0.5, 0.6) is 0 Å². The van der Waals surface area contributed by atoms with Crippen LogP contribution in [0, 0.1) is 75.9 Å². The van der Waals surface area contributed by atoms with Gasteiger partial charge in [0.05, 0.1) is 6.10 Å². The number of carbonyl (C=O) groups excluding carboxylic acids is 1. The van der Waals surface area contributed by atoms with Crippen molar-refractivity contribution in [2.45, 2.75) is 196 Å². The molecule has 0 amide bonds. The summed E-state index contributed by atoms with van der Waals surface area (Å²) < 4.78 is 0. The predicted molar refractivity (Wildman–Crippen MR) is 230 cm³/mol. The van der Waals surface area contributed by atoms with E-state index in [-0.39, 0.29) is 11.2 Å². The second-order valence-electron chi connectivity index (χ2n) is 22.0. The van der Waals surface area contributed by atoms with Gasteiger partial charge in [0.25, 0.3) is 0 Å². The molecule has 6 rings (SSSR count). The lowest BCUT2D eigenvalue weighted by atomic mass is 9.58. The van der Waals surface area contributed by atoms with Crippen LogP contribution in [0.2, 0.25) is 0 Å². The van der Waals surface area contributed by atoms with E-state index in [0.717, 1.165) is 83.7 Å². The van der Waals surface area contributed by atoms with E-state index in [9.17, 15) is 9.90 Å². The highest BCUT2D eigenvalue weighted by molar-refractivity contribution is 6.07. The van der Waals surface area contributed by atoms with Crippen LogP contribution < -0.4 is 0 Å². The fraction of sp³-hybridized carbons (Fsp3) is 0.827. The van der Waals surface area contributed by atoms with Crippen LogP contribution >= 0.6 is 0 Å². The Morgan fingerprint density at radius 1 is 0.796 bits per heavy atom. The highest BCUT2D eigenvalue weighted by Gasteiger charge is 2.56. The molecule has 6 aliphatic rings. The molecule has 1 N–H and O–H groups in total. The molecular weight excluding hydrogens is 657 g/mol. The van der Waals surface area contributed by atoms with Gasteiger partial charge < -0.3 is 5.11 Å². The van der Waals surface area contributed by atoms with Crippen molar-refractivity contribution in [3.63, 3.8) is 0 Å². The van der Waals surface area contributed by atoms with E-state index in [1.54, 1.807) is 5.57 Å². The Bertz CT molecular complexity index is 1360. The Hall–Kier alpha value is -1.41. The highest BCUT2D eigenvalue weighted by atomic mass is 16.3. The molecule has 0 spiro atoms. The van der Waals surface area contributed by atoms with E-state index in [1.165, 1.54) is 121 Å². The number of carbonyl (C=O) groups is 1. The molecular formula is C52H84O2. The maximum absolute atomic E-state index is 13.6. The molecule has 304 valence electrons. The summed E-state index contributed by atoms with van der Waals surface area (Å²) in [5.74, 6) is 8.73. The topological polar surface area (TPSA) is 37.3 Å². The Morgan fingerprint density at radius 3 is 1.98 bits per heavy atom. The van der Waals surface area contributed by atoms with Crippen LogP contribution in [0.15, 0.2) is 47.6 Å². The molecule has 2 nitrogen and oxygen atoms in total. The summed E-state index contributed by atoms with van der Waals surface area (Å²) in [6, 6.07) is 0. The van der Waals surface area contributed by atoms with Gasteiger partial charge in [-0.25, -0.2) is 0 Å². The van der Waals surface area contributed by atoms with Crippen LogP contribution in [-0.2, 0) is 4.79 Å². The van der Waals surface area contributed by atoms with Gasteiger partial charge in [0.2, 0.25) is 0 Å². The van der Waals surface area contributed by atoms with Crippen molar-refractivity contribution in [1.29, 1.82) is 0 Å². The zero-order valence-electron chi connectivity index (χ0n) is 36.5. The molecule has 6 saturated carbocycles. The van der Waals surface area contributed by atoms with Crippen molar-refractivity contribution in [3.05, 3.63) is 47.6 Å². The van der Waals surface area contributed by atoms with Crippen molar-refractivity contribution in [2.75, 3.05) is 0 Å². The van der Waals surface area contributed by atoms with Crippen molar-refractivity contribution in [3.8, 4) is 0 Å². The van der Waals surface area contributed by atoms with Gasteiger partial charge in [-0.2, -0.15) is 0 Å². The predicted octanol–water partition coefficient (Wildman–Crippen LogP) is 14.4. The fourth-order valence-corrected chi connectivity index (χ4v) is 13.4. The maximum atomic E-state index is 13.6. The maximum Gasteiger partial charge on any atom is 0.184 e. The second-order valence-corrected chi connectivity index (χ2v) is 22.0. The van der Waals surface area contributed by atoms with Gasteiger partial charge in [0.15, 0.2) is 5.78 Å². The smallest absolute Gasteiger partial charge is 0.184 e. The van der Waals surface area contributed by atoms with E-state index < -0.39 is 6.10 Å². The van der Waals surface area contributed by atoms with E-state index in [4.69, 9.17) is 6.58 Å². The van der Waals surface area contributed by atoms with Gasteiger partial charge in [0.1, 0.15) is 0 Å². The lowest BCUT2D eigenvalue weighted by molar-refractivity contribution is -0.112. The average Bonchev–Trinajstić information content (AvgIpc) is 4.07. The molecule has 7 unspecified atom stereocenters. The summed E-state index contributed by atoms with van der Waals surface area (Å²) >= 11 is 0. The number of rotatable bonds is 15. The molecule has 6 aliphatic carbocycles. The first-order valence-electron chi connectivity index (χ1n) is 23.5. The van der Waals surface area contributed by atoms with Crippen LogP contribution in [0.25, 0.3) is 0 Å². The van der Waals surface area contributed by atoms with Crippen LogP contribution in [0.3, 0.4) is 0 Å². The molecule has 0 bridgehead atoms. The lowest BCUT2D eigenvalue weighted by Crippen LogP contribution is -2.38. The molecule has 7 atom stereocenters. The van der Waals surface area contributed by atoms with Crippen molar-refractivity contribution in [1.82, 2.24) is 0 Å². The number of hydrogen-bond donors (Lipinski definition) is 1. The fourth-order valence-electron chi connectivity index (χ4n) is 13.4. The molecule has 0 aliphatic heterocycles. The Labute approximate surface area is 334 Å². The van der Waals surface area contributed by atoms with Gasteiger partial charge in [-0.3, -0.25) is 4.79 Å². The molecule has 6 fully saturated rings. The summed E-state index contributed by atoms with van der Waals surface area (Å²) in [7, 11) is 0. The Balaban J connectivity index is 0.996. The number of Topliss-reactive ketones (excluding diaryl/α,β-unsaturated/α-hetero) is 1. The quantitative estimate of drug-likeness (QED) is 0.103. The minimum absolute atomic E-state index is 0.140. The second kappa shape index (κ2) is 17.6. The number of allylic oxidation sites excluding steroid dienone is 4. The van der Waals surface area contributed by atoms with Crippen LogP contribution in [0.4, 0.5) is 0 Å². The first kappa shape index (κ1) is 42.2. The normalized spacial score (nSPS) is 37.0. The minimum atomic E-state index is -0.451. The third kappa shape index (κ3) is 9.81. The molecule has 54 heavy (non-hydrogen) atoms. The standard InChI is InChI=1S/C52H84O2/c1-33-17-23-46(24-18-33)52(25-26-52)40(8)48-30-45(47-27-34(47)2)29-44(39(48)7)28-41-19-21-43(22-20-41)50(54)36(4)32-51(9,10)31-35(3)49(53)38(6)37(5)42-15-13-11-12-14-16-42/h33-34,39,41-48,50,54H,3-4,8,11-32H2,1-2,5-7,9-10H3/b38-37+. The number of ketones is 1. The molecule has 0 radical (unpaired) electrons. The van der Waals surface area contributed by atoms with E-state index >= 15 is 0 Å². The molecule has 0 aromatic heterocycles. The van der Waals surface area contributed by atoms with Crippen molar-refractivity contribution >= 4 is 5.78 Å². The largest absolute Gasteiger partial charge is 0.388 e. The van der Waals surface area contributed by atoms with Gasteiger partial charge in [0, 0.05) is 0 Å². The first-order chi connectivity index (χ1) is 25.6. The van der Waals surface area contributed by atoms with E-state index in [2.05, 4.69) is 54.7 Å². The van der Waals surface area contributed by atoms with Gasteiger partial charge >= 0.3 is 0 Å². The molecule has 0 aromatic carbocycles. The number of aliphatic hydroxyl groups excluding tert-OH is 1. The highest BCUT2D eigenvalue weighted by Crippen LogP contribution is 2.66. The minimum Gasteiger partial charge on any atom is -0.388 e. The van der Waals surface area contributed by atoms with E-state index in [1.807, 2.05) is 6.92 Å². The van der Waals surface area contributed by atoms with Gasteiger partial charge in [-0.1, -0.05) is 117 Å². The third-order valence-electron chi connectivity index (χ3n) is 17.5. The molecule has 0 heterocycles. The Morgan fingerprint density at radius 2 is 1.41 bits per heavy atom. The van der Waals surface area contributed by atoms with Crippen LogP contribution in [-0.4, -0.2) is 17.0 Å². The third-order valence-corrected chi connectivity index (χ3v) is 17.5. The lowest BCUT2D eigenvalue weighted by Gasteiger charge is -2.47. The van der Waals surface area contributed by atoms with Gasteiger partial charge in [-0.05, 0) is 196 Å². The molecule has 2 heteroatoms. The monoisotopic (exact) mass is 741 g/mol. The zero-order chi connectivity index (χ0) is 38.9. The summed E-state index contributed by atoms with van der Waals surface area (Å²) in [5, 5.41) is 11.6. The number of hydrogen-bond acceptors (Lipinski definition) is 2. The van der Waals surface area contributed by atoms with Crippen molar-refractivity contribution in [2.24, 2.45) is 75.9 Å². The summed E-state index contributed by atoms with van der Waals surface area (Å²) in [5.41, 5.74) is 5.89. The SMILES string of the molecule is C=C(CC(C)(C)CC(=C)C(O)C1CCC(CC2CC(C3CC3C)CC(C(=C)C3(C4CCC(C)CC4)CC3)C2C)CC1)C(=O)/C(C)=C(\C)C1CCCCCC1. The van der Waals surface area contributed by atoms with Gasteiger partial charge in [-0.15, -0.1) is 0 Å². The average molecular weight is 741 g/mol. The van der Waals surface area contributed by atoms with Crippen molar-refractivity contribution < 1.29 is 9.90 Å². The first-order valence-corrected chi connectivity index (χ1v) is 23.5. The van der Waals surface area contributed by atoms with E-state index in [0.29, 0.717) is 29.2 Å².